The molecule has 0 spiro atoms. The topological polar surface area (TPSA) is 41.5 Å². The molecule has 1 aromatic carbocycles. The van der Waals surface area contributed by atoms with Gasteiger partial charge in [-0.1, -0.05) is 11.6 Å². The molecule has 0 atom stereocenters. The zero-order valence-electron chi connectivity index (χ0n) is 10.1. The molecule has 4 heteroatoms. The van der Waals surface area contributed by atoms with Crippen molar-refractivity contribution in [1.82, 2.24) is 0 Å². The molecule has 0 saturated carbocycles. The number of benzene rings is 1. The van der Waals surface area contributed by atoms with Crippen LogP contribution in [0.15, 0.2) is 12.1 Å². The van der Waals surface area contributed by atoms with Gasteiger partial charge in [-0.3, -0.25) is 0 Å². The van der Waals surface area contributed by atoms with E-state index in [2.05, 4.69) is 5.32 Å². The summed E-state index contributed by atoms with van der Waals surface area (Å²) in [5.41, 5.74) is 0.990. The Balaban J connectivity index is 2.94. The van der Waals surface area contributed by atoms with Crippen molar-refractivity contribution >= 4 is 17.3 Å². The standard InChI is InChI=1S/C12H18ClNO2/c1-8-5-9(13)6-10(11(8)16-4)14-7-12(2,3)15/h5-6,14-15H,7H2,1-4H3. The van der Waals surface area contributed by atoms with Gasteiger partial charge in [0.1, 0.15) is 5.75 Å². The summed E-state index contributed by atoms with van der Waals surface area (Å²) in [6, 6.07) is 3.63. The summed E-state index contributed by atoms with van der Waals surface area (Å²) in [6.45, 7) is 5.84. The van der Waals surface area contributed by atoms with Gasteiger partial charge in [0.25, 0.3) is 0 Å². The molecular formula is C12H18ClNO2. The van der Waals surface area contributed by atoms with Crippen LogP contribution in [-0.4, -0.2) is 24.4 Å². The van der Waals surface area contributed by atoms with Crippen LogP contribution in [0.25, 0.3) is 0 Å². The van der Waals surface area contributed by atoms with Crippen molar-refractivity contribution in [2.45, 2.75) is 26.4 Å². The van der Waals surface area contributed by atoms with E-state index in [9.17, 15) is 5.11 Å². The maximum Gasteiger partial charge on any atom is 0.144 e. The van der Waals surface area contributed by atoms with Crippen molar-refractivity contribution in [3.05, 3.63) is 22.7 Å². The molecule has 1 aromatic rings. The second kappa shape index (κ2) is 4.93. The Labute approximate surface area is 101 Å². The highest BCUT2D eigenvalue weighted by molar-refractivity contribution is 6.31. The number of aliphatic hydroxyl groups is 1. The summed E-state index contributed by atoms with van der Waals surface area (Å²) < 4.78 is 5.29. The fraction of sp³-hybridized carbons (Fsp3) is 0.500. The summed E-state index contributed by atoms with van der Waals surface area (Å²) >= 11 is 5.97. The van der Waals surface area contributed by atoms with Gasteiger partial charge < -0.3 is 15.2 Å². The molecule has 0 heterocycles. The third kappa shape index (κ3) is 3.58. The molecule has 0 unspecified atom stereocenters. The molecule has 0 aromatic heterocycles. The highest BCUT2D eigenvalue weighted by Crippen LogP contribution is 2.32. The van der Waals surface area contributed by atoms with E-state index in [-0.39, 0.29) is 0 Å². The summed E-state index contributed by atoms with van der Waals surface area (Å²) in [7, 11) is 1.62. The Morgan fingerprint density at radius 3 is 2.56 bits per heavy atom. The smallest absolute Gasteiger partial charge is 0.144 e. The largest absolute Gasteiger partial charge is 0.494 e. The van der Waals surface area contributed by atoms with Gasteiger partial charge in [0.15, 0.2) is 0 Å². The molecule has 16 heavy (non-hydrogen) atoms. The monoisotopic (exact) mass is 243 g/mol. The highest BCUT2D eigenvalue weighted by Gasteiger charge is 2.14. The number of rotatable bonds is 4. The Kier molecular flexibility index (Phi) is 4.05. The first-order valence-corrected chi connectivity index (χ1v) is 5.51. The minimum absolute atomic E-state index is 0.434. The lowest BCUT2D eigenvalue weighted by atomic mass is 10.1. The number of methoxy groups -OCH3 is 1. The SMILES string of the molecule is COc1c(C)cc(Cl)cc1NCC(C)(C)O. The van der Waals surface area contributed by atoms with Crippen molar-refractivity contribution in [1.29, 1.82) is 0 Å². The van der Waals surface area contributed by atoms with Gasteiger partial charge in [0.2, 0.25) is 0 Å². The van der Waals surface area contributed by atoms with Crippen molar-refractivity contribution in [2.75, 3.05) is 19.0 Å². The summed E-state index contributed by atoms with van der Waals surface area (Å²) in [5.74, 6) is 0.758. The Hall–Kier alpha value is -0.930. The maximum absolute atomic E-state index is 9.64. The first-order chi connectivity index (χ1) is 7.33. The van der Waals surface area contributed by atoms with E-state index in [1.807, 2.05) is 13.0 Å². The molecule has 3 nitrogen and oxygen atoms in total. The number of ether oxygens (including phenoxy) is 1. The summed E-state index contributed by atoms with van der Waals surface area (Å²) in [4.78, 5) is 0. The van der Waals surface area contributed by atoms with E-state index in [1.165, 1.54) is 0 Å². The molecule has 90 valence electrons. The number of halogens is 1. The second-order valence-corrected chi connectivity index (χ2v) is 4.91. The zero-order chi connectivity index (χ0) is 12.3. The highest BCUT2D eigenvalue weighted by atomic mass is 35.5. The molecule has 0 aliphatic carbocycles. The molecule has 0 saturated heterocycles. The fourth-order valence-corrected chi connectivity index (χ4v) is 1.72. The van der Waals surface area contributed by atoms with Crippen LogP contribution in [0, 0.1) is 6.92 Å². The summed E-state index contributed by atoms with van der Waals surface area (Å²) in [5, 5.41) is 13.4. The normalized spacial score (nSPS) is 11.4. The molecule has 0 aliphatic rings. The van der Waals surface area contributed by atoms with Crippen LogP contribution >= 0.6 is 11.6 Å². The molecule has 1 rings (SSSR count). The molecule has 0 radical (unpaired) electrons. The Bertz CT molecular complexity index is 372. The van der Waals surface area contributed by atoms with E-state index >= 15 is 0 Å². The third-order valence-corrected chi connectivity index (χ3v) is 2.37. The van der Waals surface area contributed by atoms with Crippen LogP contribution in [0.4, 0.5) is 5.69 Å². The first kappa shape index (κ1) is 13.1. The van der Waals surface area contributed by atoms with Gasteiger partial charge in [-0.15, -0.1) is 0 Å². The van der Waals surface area contributed by atoms with Crippen molar-refractivity contribution in [2.24, 2.45) is 0 Å². The second-order valence-electron chi connectivity index (χ2n) is 4.47. The fourth-order valence-electron chi connectivity index (χ4n) is 1.44. The molecular weight excluding hydrogens is 226 g/mol. The lowest BCUT2D eigenvalue weighted by Gasteiger charge is -2.20. The first-order valence-electron chi connectivity index (χ1n) is 5.14. The predicted molar refractivity (Wildman–Crippen MR) is 67.5 cm³/mol. The number of nitrogens with one attached hydrogen (secondary N) is 1. The van der Waals surface area contributed by atoms with Crippen LogP contribution < -0.4 is 10.1 Å². The van der Waals surface area contributed by atoms with E-state index in [1.54, 1.807) is 27.0 Å². The van der Waals surface area contributed by atoms with Crippen molar-refractivity contribution in [3.8, 4) is 5.75 Å². The van der Waals surface area contributed by atoms with Gasteiger partial charge in [-0.2, -0.15) is 0 Å². The quantitative estimate of drug-likeness (QED) is 0.855. The lowest BCUT2D eigenvalue weighted by Crippen LogP contribution is -2.29. The molecule has 0 amide bonds. The number of hydrogen-bond donors (Lipinski definition) is 2. The number of hydrogen-bond acceptors (Lipinski definition) is 3. The summed E-state index contributed by atoms with van der Waals surface area (Å²) in [6.07, 6.45) is 0. The van der Waals surface area contributed by atoms with Gasteiger partial charge in [-0.05, 0) is 38.5 Å². The number of anilines is 1. The lowest BCUT2D eigenvalue weighted by molar-refractivity contribution is 0.0945. The molecule has 0 bridgehead atoms. The van der Waals surface area contributed by atoms with E-state index in [0.29, 0.717) is 11.6 Å². The van der Waals surface area contributed by atoms with Gasteiger partial charge in [0, 0.05) is 11.6 Å². The van der Waals surface area contributed by atoms with Crippen LogP contribution in [0.5, 0.6) is 5.75 Å². The van der Waals surface area contributed by atoms with Gasteiger partial charge in [-0.25, -0.2) is 0 Å². The maximum atomic E-state index is 9.64. The Morgan fingerprint density at radius 1 is 1.44 bits per heavy atom. The van der Waals surface area contributed by atoms with Gasteiger partial charge >= 0.3 is 0 Å². The van der Waals surface area contributed by atoms with Crippen molar-refractivity contribution < 1.29 is 9.84 Å². The van der Waals surface area contributed by atoms with E-state index < -0.39 is 5.60 Å². The van der Waals surface area contributed by atoms with Crippen LogP contribution in [0.1, 0.15) is 19.4 Å². The van der Waals surface area contributed by atoms with Crippen LogP contribution in [-0.2, 0) is 0 Å². The average Bonchev–Trinajstić information content (AvgIpc) is 2.12. The molecule has 0 aliphatic heterocycles. The van der Waals surface area contributed by atoms with E-state index in [0.717, 1.165) is 17.0 Å². The zero-order valence-corrected chi connectivity index (χ0v) is 10.9. The average molecular weight is 244 g/mol. The number of aryl methyl sites for hydroxylation is 1. The minimum Gasteiger partial charge on any atom is -0.494 e. The van der Waals surface area contributed by atoms with Gasteiger partial charge in [0.05, 0.1) is 18.4 Å². The molecule has 0 fully saturated rings. The van der Waals surface area contributed by atoms with E-state index in [4.69, 9.17) is 16.3 Å². The molecule has 2 N–H and O–H groups in total. The Morgan fingerprint density at radius 2 is 2.06 bits per heavy atom. The third-order valence-electron chi connectivity index (χ3n) is 2.15. The predicted octanol–water partition coefficient (Wildman–Crippen LogP) is 2.84. The van der Waals surface area contributed by atoms with Crippen LogP contribution in [0.2, 0.25) is 5.02 Å². The van der Waals surface area contributed by atoms with Crippen LogP contribution in [0.3, 0.4) is 0 Å². The minimum atomic E-state index is -0.777. The van der Waals surface area contributed by atoms with Crippen molar-refractivity contribution in [3.63, 3.8) is 0 Å².